The van der Waals surface area contributed by atoms with Crippen LogP contribution in [0.1, 0.15) is 0 Å². The Balaban J connectivity index is 3.20. The maximum absolute atomic E-state index is 11.9. The Hall–Kier alpha value is -0.660. The molecule has 0 saturated carbocycles. The number of hydrogen-bond acceptors (Lipinski definition) is 3. The first kappa shape index (κ1) is 13.4. The van der Waals surface area contributed by atoms with Gasteiger partial charge in [0.25, 0.3) is 9.05 Å². The van der Waals surface area contributed by atoms with E-state index in [1.165, 1.54) is 0 Å². The average Bonchev–Trinajstić information content (AvgIpc) is 2.04. The summed E-state index contributed by atoms with van der Waals surface area (Å²) < 4.78 is 60.9. The molecule has 3 nitrogen and oxygen atoms in total. The van der Waals surface area contributed by atoms with E-state index in [0.29, 0.717) is 6.07 Å². The predicted octanol–water partition coefficient (Wildman–Crippen LogP) is 3.17. The van der Waals surface area contributed by atoms with Gasteiger partial charge in [0.2, 0.25) is 0 Å². The molecule has 1 aromatic rings. The van der Waals surface area contributed by atoms with Gasteiger partial charge in [-0.1, -0.05) is 11.6 Å². The summed E-state index contributed by atoms with van der Waals surface area (Å²) in [6, 6.07) is 2.50. The quantitative estimate of drug-likeness (QED) is 0.787. The van der Waals surface area contributed by atoms with E-state index < -0.39 is 26.1 Å². The summed E-state index contributed by atoms with van der Waals surface area (Å²) in [4.78, 5) is -0.530. The van der Waals surface area contributed by atoms with Gasteiger partial charge in [-0.2, -0.15) is 0 Å². The summed E-state index contributed by atoms with van der Waals surface area (Å²) >= 11 is 5.39. The van der Waals surface area contributed by atoms with E-state index in [-0.39, 0.29) is 5.02 Å². The van der Waals surface area contributed by atoms with Crippen LogP contribution in [-0.4, -0.2) is 14.8 Å². The smallest absolute Gasteiger partial charge is 0.404 e. The predicted molar refractivity (Wildman–Crippen MR) is 51.2 cm³/mol. The SMILES string of the molecule is O=S(=O)(Cl)c1ccc(Cl)c(OC(F)(F)F)c1. The lowest BCUT2D eigenvalue weighted by molar-refractivity contribution is -0.274. The van der Waals surface area contributed by atoms with Gasteiger partial charge in [0, 0.05) is 16.7 Å². The summed E-state index contributed by atoms with van der Waals surface area (Å²) in [5.41, 5.74) is 0. The van der Waals surface area contributed by atoms with Crippen LogP contribution < -0.4 is 4.74 Å². The zero-order valence-electron chi connectivity index (χ0n) is 7.25. The van der Waals surface area contributed by atoms with Crippen LogP contribution in [0.4, 0.5) is 13.2 Å². The van der Waals surface area contributed by atoms with E-state index in [1.807, 2.05) is 0 Å². The fraction of sp³-hybridized carbons (Fsp3) is 0.143. The Bertz CT molecular complexity index is 498. The highest BCUT2D eigenvalue weighted by atomic mass is 35.7. The summed E-state index contributed by atoms with van der Waals surface area (Å²) in [5, 5.41) is -0.374. The number of halogens is 5. The lowest BCUT2D eigenvalue weighted by Crippen LogP contribution is -2.17. The minimum absolute atomic E-state index is 0.374. The standard InChI is InChI=1S/C7H3Cl2F3O3S/c8-5-2-1-4(16(9,13)14)3-6(5)15-7(10,11)12/h1-3H. The van der Waals surface area contributed by atoms with Crippen molar-refractivity contribution in [2.45, 2.75) is 11.3 Å². The number of rotatable bonds is 2. The zero-order chi connectivity index (χ0) is 12.6. The fourth-order valence-electron chi connectivity index (χ4n) is 0.838. The Kier molecular flexibility index (Phi) is 3.61. The van der Waals surface area contributed by atoms with Crippen molar-refractivity contribution in [1.29, 1.82) is 0 Å². The van der Waals surface area contributed by atoms with Crippen molar-refractivity contribution in [3.05, 3.63) is 23.2 Å². The van der Waals surface area contributed by atoms with Crippen molar-refractivity contribution in [2.24, 2.45) is 0 Å². The van der Waals surface area contributed by atoms with Gasteiger partial charge in [-0.05, 0) is 12.1 Å². The van der Waals surface area contributed by atoms with Gasteiger partial charge >= 0.3 is 6.36 Å². The molecule has 0 bridgehead atoms. The van der Waals surface area contributed by atoms with Gasteiger partial charge < -0.3 is 4.74 Å². The molecule has 0 saturated heterocycles. The first-order valence-corrected chi connectivity index (χ1v) is 6.28. The van der Waals surface area contributed by atoms with E-state index >= 15 is 0 Å². The Labute approximate surface area is 98.1 Å². The van der Waals surface area contributed by atoms with E-state index in [2.05, 4.69) is 4.74 Å². The van der Waals surface area contributed by atoms with Crippen molar-refractivity contribution >= 4 is 31.3 Å². The largest absolute Gasteiger partial charge is 0.573 e. The molecule has 16 heavy (non-hydrogen) atoms. The van der Waals surface area contributed by atoms with Crippen LogP contribution in [0.25, 0.3) is 0 Å². The number of ether oxygens (including phenoxy) is 1. The lowest BCUT2D eigenvalue weighted by atomic mass is 10.3. The number of benzene rings is 1. The molecular weight excluding hydrogens is 292 g/mol. The third kappa shape index (κ3) is 3.73. The van der Waals surface area contributed by atoms with Crippen LogP contribution in [-0.2, 0) is 9.05 Å². The normalized spacial score (nSPS) is 12.6. The highest BCUT2D eigenvalue weighted by Crippen LogP contribution is 2.32. The molecule has 0 N–H and O–H groups in total. The first-order valence-electron chi connectivity index (χ1n) is 3.59. The summed E-state index contributed by atoms with van der Waals surface area (Å²) in [5.74, 6) is -0.823. The van der Waals surface area contributed by atoms with Gasteiger partial charge in [0.1, 0.15) is 5.75 Å². The van der Waals surface area contributed by atoms with Gasteiger partial charge in [-0.3, -0.25) is 0 Å². The minimum Gasteiger partial charge on any atom is -0.404 e. The second-order valence-corrected chi connectivity index (χ2v) is 5.55. The molecule has 0 radical (unpaired) electrons. The van der Waals surface area contributed by atoms with Crippen LogP contribution in [0.2, 0.25) is 5.02 Å². The monoisotopic (exact) mass is 294 g/mol. The molecule has 0 aliphatic heterocycles. The number of alkyl halides is 3. The molecule has 0 atom stereocenters. The third-order valence-electron chi connectivity index (χ3n) is 1.41. The van der Waals surface area contributed by atoms with Crippen molar-refractivity contribution in [3.63, 3.8) is 0 Å². The molecular formula is C7H3Cl2F3O3S. The van der Waals surface area contributed by atoms with Crippen LogP contribution in [0, 0.1) is 0 Å². The van der Waals surface area contributed by atoms with Crippen molar-refractivity contribution in [1.82, 2.24) is 0 Å². The summed E-state index contributed by atoms with van der Waals surface area (Å²) in [7, 11) is 0.815. The van der Waals surface area contributed by atoms with Gasteiger partial charge in [-0.25, -0.2) is 8.42 Å². The van der Waals surface area contributed by atoms with Gasteiger partial charge in [-0.15, -0.1) is 13.2 Å². The first-order chi connectivity index (χ1) is 7.09. The second-order valence-electron chi connectivity index (χ2n) is 2.58. The Morgan fingerprint density at radius 2 is 1.81 bits per heavy atom. The highest BCUT2D eigenvalue weighted by Gasteiger charge is 2.32. The third-order valence-corrected chi connectivity index (χ3v) is 3.07. The highest BCUT2D eigenvalue weighted by molar-refractivity contribution is 8.13. The average molecular weight is 295 g/mol. The molecule has 0 amide bonds. The maximum atomic E-state index is 11.9. The molecule has 0 aromatic heterocycles. The lowest BCUT2D eigenvalue weighted by Gasteiger charge is -2.10. The molecule has 0 aliphatic carbocycles. The summed E-state index contributed by atoms with van der Waals surface area (Å²) in [6.45, 7) is 0. The molecule has 0 spiro atoms. The van der Waals surface area contributed by atoms with Crippen molar-refractivity contribution in [3.8, 4) is 5.75 Å². The van der Waals surface area contributed by atoms with Crippen LogP contribution in [0.5, 0.6) is 5.75 Å². The van der Waals surface area contributed by atoms with E-state index in [4.69, 9.17) is 22.3 Å². The minimum atomic E-state index is -4.96. The maximum Gasteiger partial charge on any atom is 0.573 e. The van der Waals surface area contributed by atoms with Crippen molar-refractivity contribution < 1.29 is 26.3 Å². The molecule has 0 unspecified atom stereocenters. The van der Waals surface area contributed by atoms with Crippen LogP contribution in [0.15, 0.2) is 23.1 Å². The molecule has 90 valence electrons. The second kappa shape index (κ2) is 4.31. The molecule has 0 fully saturated rings. The molecule has 0 aliphatic rings. The number of hydrogen-bond donors (Lipinski definition) is 0. The zero-order valence-corrected chi connectivity index (χ0v) is 9.58. The fourth-order valence-corrected chi connectivity index (χ4v) is 1.76. The Morgan fingerprint density at radius 1 is 1.25 bits per heavy atom. The summed E-state index contributed by atoms with van der Waals surface area (Å²) in [6.07, 6.45) is -4.96. The van der Waals surface area contributed by atoms with E-state index in [1.54, 1.807) is 0 Å². The van der Waals surface area contributed by atoms with E-state index in [9.17, 15) is 21.6 Å². The van der Waals surface area contributed by atoms with Crippen LogP contribution in [0.3, 0.4) is 0 Å². The van der Waals surface area contributed by atoms with Gasteiger partial charge in [0.05, 0.1) is 9.92 Å². The molecule has 1 aromatic carbocycles. The van der Waals surface area contributed by atoms with Crippen LogP contribution >= 0.6 is 22.3 Å². The van der Waals surface area contributed by atoms with Crippen molar-refractivity contribution in [2.75, 3.05) is 0 Å². The van der Waals surface area contributed by atoms with Gasteiger partial charge in [0.15, 0.2) is 0 Å². The molecule has 0 heterocycles. The van der Waals surface area contributed by atoms with E-state index in [0.717, 1.165) is 12.1 Å². The molecule has 9 heteroatoms. The topological polar surface area (TPSA) is 43.4 Å². The Morgan fingerprint density at radius 3 is 2.25 bits per heavy atom. The molecule has 1 rings (SSSR count).